The van der Waals surface area contributed by atoms with Gasteiger partial charge in [-0.15, -0.1) is 0 Å². The molecule has 0 saturated carbocycles. The molecule has 5 heteroatoms. The average molecular weight is 273 g/mol. The van der Waals surface area contributed by atoms with Gasteiger partial charge in [0.25, 0.3) is 0 Å². The Hall–Kier alpha value is -1.10. The van der Waals surface area contributed by atoms with Crippen molar-refractivity contribution in [3.05, 3.63) is 16.7 Å². The summed E-state index contributed by atoms with van der Waals surface area (Å²) in [5.74, 6) is 0.294. The zero-order chi connectivity index (χ0) is 11.4. The Morgan fingerprint density at radius 2 is 2.33 bits per heavy atom. The summed E-state index contributed by atoms with van der Waals surface area (Å²) in [4.78, 5) is 15.3. The molecule has 0 spiro atoms. The van der Waals surface area contributed by atoms with Crippen LogP contribution in [0.2, 0.25) is 0 Å². The highest BCUT2D eigenvalue weighted by molar-refractivity contribution is 9.10. The van der Waals surface area contributed by atoms with Crippen LogP contribution in [0, 0.1) is 5.92 Å². The Morgan fingerprint density at radius 3 is 2.87 bits per heavy atom. The second-order valence-corrected chi connectivity index (χ2v) is 4.58. The van der Waals surface area contributed by atoms with Gasteiger partial charge in [-0.3, -0.25) is 4.79 Å². The van der Waals surface area contributed by atoms with E-state index < -0.39 is 0 Å². The van der Waals surface area contributed by atoms with Crippen LogP contribution in [0.4, 0.5) is 5.82 Å². The highest BCUT2D eigenvalue weighted by Crippen LogP contribution is 2.24. The van der Waals surface area contributed by atoms with E-state index in [1.807, 2.05) is 13.8 Å². The third-order valence-corrected chi connectivity index (χ3v) is 2.12. The largest absolute Gasteiger partial charge is 0.504 e. The number of pyridine rings is 1. The number of nitrogens with one attached hydrogen (secondary N) is 1. The third kappa shape index (κ3) is 3.87. The first-order valence-corrected chi connectivity index (χ1v) is 5.42. The average Bonchev–Trinajstić information content (AvgIpc) is 2.08. The standard InChI is InChI=1S/C10H13BrN2O2/c1-6(2)3-9(15)13-10-8(14)4-7(11)5-12-10/h4-6,14H,3H2,1-2H3,(H,12,13,15). The van der Waals surface area contributed by atoms with Gasteiger partial charge in [0, 0.05) is 17.1 Å². The molecule has 0 aromatic carbocycles. The second-order valence-electron chi connectivity index (χ2n) is 3.67. The zero-order valence-electron chi connectivity index (χ0n) is 8.62. The van der Waals surface area contributed by atoms with Gasteiger partial charge >= 0.3 is 0 Å². The lowest BCUT2D eigenvalue weighted by Crippen LogP contribution is -2.14. The van der Waals surface area contributed by atoms with Crippen molar-refractivity contribution in [2.45, 2.75) is 20.3 Å². The number of nitrogens with zero attached hydrogens (tertiary/aromatic N) is 1. The molecule has 0 bridgehead atoms. The Labute approximate surface area is 96.8 Å². The number of amides is 1. The maximum atomic E-state index is 11.4. The minimum absolute atomic E-state index is 0.0403. The second kappa shape index (κ2) is 5.11. The van der Waals surface area contributed by atoms with Gasteiger partial charge in [0.2, 0.25) is 5.91 Å². The summed E-state index contributed by atoms with van der Waals surface area (Å²) in [6.07, 6.45) is 1.93. The summed E-state index contributed by atoms with van der Waals surface area (Å²) in [5, 5.41) is 12.0. The number of rotatable bonds is 3. The van der Waals surface area contributed by atoms with Gasteiger partial charge in [-0.25, -0.2) is 4.98 Å². The highest BCUT2D eigenvalue weighted by atomic mass is 79.9. The van der Waals surface area contributed by atoms with Crippen LogP contribution in [0.3, 0.4) is 0 Å². The Kier molecular flexibility index (Phi) is 4.08. The summed E-state index contributed by atoms with van der Waals surface area (Å²) in [5.41, 5.74) is 0. The molecule has 1 heterocycles. The normalized spacial score (nSPS) is 10.4. The molecule has 1 aromatic heterocycles. The molecule has 1 aromatic rings. The van der Waals surface area contributed by atoms with Gasteiger partial charge in [0.05, 0.1) is 0 Å². The maximum absolute atomic E-state index is 11.4. The van der Waals surface area contributed by atoms with E-state index in [2.05, 4.69) is 26.2 Å². The molecule has 0 aliphatic rings. The summed E-state index contributed by atoms with van der Waals surface area (Å²) >= 11 is 3.17. The van der Waals surface area contributed by atoms with Crippen molar-refractivity contribution < 1.29 is 9.90 Å². The number of hydrogen-bond donors (Lipinski definition) is 2. The lowest BCUT2D eigenvalue weighted by atomic mass is 10.1. The van der Waals surface area contributed by atoms with E-state index >= 15 is 0 Å². The van der Waals surface area contributed by atoms with Crippen LogP contribution in [0.15, 0.2) is 16.7 Å². The van der Waals surface area contributed by atoms with Crippen LogP contribution in [0.25, 0.3) is 0 Å². The summed E-state index contributed by atoms with van der Waals surface area (Å²) < 4.78 is 0.668. The fraction of sp³-hybridized carbons (Fsp3) is 0.400. The molecular weight excluding hydrogens is 260 g/mol. The molecule has 0 aliphatic carbocycles. The molecule has 15 heavy (non-hydrogen) atoms. The molecule has 0 radical (unpaired) electrons. The number of aromatic nitrogens is 1. The molecule has 1 amide bonds. The van der Waals surface area contributed by atoms with E-state index in [4.69, 9.17) is 0 Å². The topological polar surface area (TPSA) is 62.2 Å². The summed E-state index contributed by atoms with van der Waals surface area (Å²) in [7, 11) is 0. The van der Waals surface area contributed by atoms with Gasteiger partial charge < -0.3 is 10.4 Å². The number of hydrogen-bond acceptors (Lipinski definition) is 3. The van der Waals surface area contributed by atoms with Crippen molar-refractivity contribution in [2.75, 3.05) is 5.32 Å². The minimum Gasteiger partial charge on any atom is -0.504 e. The van der Waals surface area contributed by atoms with Crippen molar-refractivity contribution in [1.82, 2.24) is 4.98 Å². The van der Waals surface area contributed by atoms with Crippen LogP contribution in [-0.2, 0) is 4.79 Å². The van der Waals surface area contributed by atoms with Crippen LogP contribution >= 0.6 is 15.9 Å². The highest BCUT2D eigenvalue weighted by Gasteiger charge is 2.09. The first-order valence-electron chi connectivity index (χ1n) is 4.63. The lowest BCUT2D eigenvalue weighted by Gasteiger charge is -2.07. The molecular formula is C10H13BrN2O2. The van der Waals surface area contributed by atoms with Crippen LogP contribution in [0.5, 0.6) is 5.75 Å². The van der Waals surface area contributed by atoms with Crippen LogP contribution in [-0.4, -0.2) is 16.0 Å². The Balaban J connectivity index is 2.68. The molecule has 0 saturated heterocycles. The molecule has 2 N–H and O–H groups in total. The molecule has 0 atom stereocenters. The zero-order valence-corrected chi connectivity index (χ0v) is 10.2. The molecule has 82 valence electrons. The number of carbonyl (C=O) groups is 1. The molecule has 0 unspecified atom stereocenters. The molecule has 1 rings (SSSR count). The lowest BCUT2D eigenvalue weighted by molar-refractivity contribution is -0.116. The predicted octanol–water partition coefficient (Wildman–Crippen LogP) is 2.53. The Morgan fingerprint density at radius 1 is 1.67 bits per heavy atom. The summed E-state index contributed by atoms with van der Waals surface area (Å²) in [6.45, 7) is 3.91. The van der Waals surface area contributed by atoms with Gasteiger partial charge in [0.15, 0.2) is 11.6 Å². The number of anilines is 1. The van der Waals surface area contributed by atoms with Gasteiger partial charge in [0.1, 0.15) is 0 Å². The Bertz CT molecular complexity index is 366. The van der Waals surface area contributed by atoms with Gasteiger partial charge in [-0.2, -0.15) is 0 Å². The van der Waals surface area contributed by atoms with E-state index in [1.165, 1.54) is 12.3 Å². The van der Waals surface area contributed by atoms with Gasteiger partial charge in [-0.05, 0) is 27.9 Å². The SMILES string of the molecule is CC(C)CC(=O)Nc1ncc(Br)cc1O. The monoisotopic (exact) mass is 272 g/mol. The summed E-state index contributed by atoms with van der Waals surface area (Å²) in [6, 6.07) is 1.48. The van der Waals surface area contributed by atoms with E-state index in [-0.39, 0.29) is 23.4 Å². The maximum Gasteiger partial charge on any atom is 0.225 e. The predicted molar refractivity (Wildman–Crippen MR) is 61.7 cm³/mol. The smallest absolute Gasteiger partial charge is 0.225 e. The number of aromatic hydroxyl groups is 1. The first kappa shape index (κ1) is 12.0. The van der Waals surface area contributed by atoms with Crippen molar-refractivity contribution in [2.24, 2.45) is 5.92 Å². The molecule has 0 fully saturated rings. The molecule has 0 aliphatic heterocycles. The van der Waals surface area contributed by atoms with Crippen molar-refractivity contribution in [3.8, 4) is 5.75 Å². The number of carbonyl (C=O) groups excluding carboxylic acids is 1. The molecule has 4 nitrogen and oxygen atoms in total. The van der Waals surface area contributed by atoms with Crippen molar-refractivity contribution in [3.63, 3.8) is 0 Å². The fourth-order valence-electron chi connectivity index (χ4n) is 1.08. The minimum atomic E-state index is -0.143. The first-order chi connectivity index (χ1) is 6.99. The van der Waals surface area contributed by atoms with Crippen LogP contribution < -0.4 is 5.32 Å². The van der Waals surface area contributed by atoms with E-state index in [0.717, 1.165) is 0 Å². The van der Waals surface area contributed by atoms with Gasteiger partial charge in [-0.1, -0.05) is 13.8 Å². The van der Waals surface area contributed by atoms with E-state index in [9.17, 15) is 9.90 Å². The van der Waals surface area contributed by atoms with Crippen molar-refractivity contribution >= 4 is 27.7 Å². The van der Waals surface area contributed by atoms with E-state index in [1.54, 1.807) is 0 Å². The van der Waals surface area contributed by atoms with Crippen LogP contribution in [0.1, 0.15) is 20.3 Å². The van der Waals surface area contributed by atoms with Crippen molar-refractivity contribution in [1.29, 1.82) is 0 Å². The number of halogens is 1. The third-order valence-electron chi connectivity index (χ3n) is 1.69. The fourth-order valence-corrected chi connectivity index (χ4v) is 1.40. The quantitative estimate of drug-likeness (QED) is 0.889. The van der Waals surface area contributed by atoms with E-state index in [0.29, 0.717) is 10.9 Å².